The Bertz CT molecular complexity index is 902. The normalized spacial score (nSPS) is 15.5. The second-order valence-corrected chi connectivity index (χ2v) is 6.74. The van der Waals surface area contributed by atoms with Crippen molar-refractivity contribution in [1.82, 2.24) is 0 Å². The topological polar surface area (TPSA) is 67.9 Å². The molecule has 1 aliphatic heterocycles. The summed E-state index contributed by atoms with van der Waals surface area (Å²) in [7, 11) is 0. The highest BCUT2D eigenvalue weighted by molar-refractivity contribution is 6.01. The van der Waals surface area contributed by atoms with Crippen molar-refractivity contribution in [3.8, 4) is 11.5 Å². The summed E-state index contributed by atoms with van der Waals surface area (Å²) >= 11 is 0. The molecule has 0 saturated heterocycles. The number of amides is 2. The maximum Gasteiger partial charge on any atom is 0.268 e. The summed E-state index contributed by atoms with van der Waals surface area (Å²) in [5.74, 6) is 0.873. The van der Waals surface area contributed by atoms with Gasteiger partial charge in [-0.2, -0.15) is 0 Å². The van der Waals surface area contributed by atoms with Gasteiger partial charge in [0.15, 0.2) is 12.7 Å². The number of fused-ring (bicyclic) bond motifs is 1. The van der Waals surface area contributed by atoms with Gasteiger partial charge in [0.2, 0.25) is 0 Å². The zero-order valence-corrected chi connectivity index (χ0v) is 16.3. The fourth-order valence-electron chi connectivity index (χ4n) is 3.17. The van der Waals surface area contributed by atoms with Crippen LogP contribution in [-0.2, 0) is 9.59 Å². The molecule has 0 fully saturated rings. The second-order valence-electron chi connectivity index (χ2n) is 6.74. The first-order chi connectivity index (χ1) is 13.4. The lowest BCUT2D eigenvalue weighted by molar-refractivity contribution is -0.125. The van der Waals surface area contributed by atoms with Gasteiger partial charge in [-0.1, -0.05) is 24.3 Å². The number of para-hydroxylation sites is 1. The molecule has 3 rings (SSSR count). The van der Waals surface area contributed by atoms with E-state index in [1.165, 1.54) is 0 Å². The first kappa shape index (κ1) is 19.5. The summed E-state index contributed by atoms with van der Waals surface area (Å²) in [4.78, 5) is 26.2. The number of hydrogen-bond donors (Lipinski definition) is 1. The lowest BCUT2D eigenvalue weighted by atomic mass is 10.1. The first-order valence-corrected chi connectivity index (χ1v) is 9.12. The Morgan fingerprint density at radius 2 is 2.00 bits per heavy atom. The molecule has 0 bridgehead atoms. The molecule has 146 valence electrons. The highest BCUT2D eigenvalue weighted by Crippen LogP contribution is 2.36. The number of carbonyl (C=O) groups excluding carboxylic acids is 2. The summed E-state index contributed by atoms with van der Waals surface area (Å²) in [6, 6.07) is 11.0. The predicted octanol–water partition coefficient (Wildman–Crippen LogP) is 3.62. The van der Waals surface area contributed by atoms with Crippen LogP contribution < -0.4 is 19.7 Å². The van der Waals surface area contributed by atoms with Gasteiger partial charge in [-0.05, 0) is 44.0 Å². The molecule has 1 aliphatic rings. The van der Waals surface area contributed by atoms with E-state index in [4.69, 9.17) is 9.47 Å². The molecule has 0 aromatic heterocycles. The van der Waals surface area contributed by atoms with Crippen LogP contribution in [-0.4, -0.2) is 31.1 Å². The number of benzene rings is 2. The van der Waals surface area contributed by atoms with Crippen molar-refractivity contribution in [1.29, 1.82) is 0 Å². The zero-order chi connectivity index (χ0) is 20.3. The lowest BCUT2D eigenvalue weighted by Crippen LogP contribution is -2.44. The van der Waals surface area contributed by atoms with E-state index >= 15 is 0 Å². The van der Waals surface area contributed by atoms with Gasteiger partial charge in [0.1, 0.15) is 11.5 Å². The fraction of sp³-hybridized carbons (Fsp3) is 0.273. The quantitative estimate of drug-likeness (QED) is 0.777. The molecule has 6 heteroatoms. The minimum Gasteiger partial charge on any atom is -0.483 e. The van der Waals surface area contributed by atoms with E-state index in [0.717, 1.165) is 16.9 Å². The number of nitrogens with one attached hydrogen (secondary N) is 1. The second kappa shape index (κ2) is 8.17. The third-order valence-electron chi connectivity index (χ3n) is 4.52. The SMILES string of the molecule is C=CCN1C(=O)C(C)Oc2cc(NC(=O)COc3c(C)cccc3C)ccc21. The monoisotopic (exact) mass is 380 g/mol. The molecule has 2 amide bonds. The van der Waals surface area contributed by atoms with E-state index < -0.39 is 6.10 Å². The Morgan fingerprint density at radius 3 is 2.68 bits per heavy atom. The molecule has 1 N–H and O–H groups in total. The van der Waals surface area contributed by atoms with Crippen LogP contribution in [0.25, 0.3) is 0 Å². The average molecular weight is 380 g/mol. The maximum absolute atomic E-state index is 12.3. The third-order valence-corrected chi connectivity index (χ3v) is 4.52. The Balaban J connectivity index is 1.70. The van der Waals surface area contributed by atoms with Crippen molar-refractivity contribution in [3.63, 3.8) is 0 Å². The number of ether oxygens (including phenoxy) is 2. The van der Waals surface area contributed by atoms with Crippen molar-refractivity contribution < 1.29 is 19.1 Å². The van der Waals surface area contributed by atoms with Gasteiger partial charge in [-0.15, -0.1) is 6.58 Å². The van der Waals surface area contributed by atoms with Crippen LogP contribution in [0.4, 0.5) is 11.4 Å². The summed E-state index contributed by atoms with van der Waals surface area (Å²) in [6.07, 6.45) is 1.08. The smallest absolute Gasteiger partial charge is 0.268 e. The molecule has 28 heavy (non-hydrogen) atoms. The number of hydrogen-bond acceptors (Lipinski definition) is 4. The van der Waals surface area contributed by atoms with Crippen LogP contribution in [0.1, 0.15) is 18.1 Å². The molecular formula is C22H24N2O4. The Morgan fingerprint density at radius 1 is 1.29 bits per heavy atom. The molecule has 0 saturated carbocycles. The van der Waals surface area contributed by atoms with Crippen molar-refractivity contribution in [2.45, 2.75) is 26.9 Å². The van der Waals surface area contributed by atoms with Gasteiger partial charge in [0.05, 0.1) is 5.69 Å². The van der Waals surface area contributed by atoms with Crippen LogP contribution in [0.3, 0.4) is 0 Å². The molecule has 6 nitrogen and oxygen atoms in total. The zero-order valence-electron chi connectivity index (χ0n) is 16.3. The number of aryl methyl sites for hydroxylation is 2. The van der Waals surface area contributed by atoms with Crippen LogP contribution >= 0.6 is 0 Å². The third kappa shape index (κ3) is 4.01. The molecule has 0 radical (unpaired) electrons. The van der Waals surface area contributed by atoms with Crippen molar-refractivity contribution in [2.75, 3.05) is 23.4 Å². The van der Waals surface area contributed by atoms with Gasteiger partial charge in [-0.25, -0.2) is 0 Å². The molecule has 2 aromatic carbocycles. The van der Waals surface area contributed by atoms with Crippen molar-refractivity contribution in [3.05, 3.63) is 60.2 Å². The van der Waals surface area contributed by atoms with E-state index in [1.54, 1.807) is 36.1 Å². The Labute approximate surface area is 164 Å². The molecule has 2 aromatic rings. The van der Waals surface area contributed by atoms with Crippen molar-refractivity contribution >= 4 is 23.2 Å². The summed E-state index contributed by atoms with van der Waals surface area (Å²) in [5, 5.41) is 2.81. The number of carbonyl (C=O) groups is 2. The number of anilines is 2. The number of rotatable bonds is 6. The van der Waals surface area contributed by atoms with Crippen molar-refractivity contribution in [2.24, 2.45) is 0 Å². The van der Waals surface area contributed by atoms with Crippen LogP contribution in [0.5, 0.6) is 11.5 Å². The standard InChI is InChI=1S/C22H24N2O4/c1-5-11-24-18-10-9-17(12-19(18)28-16(4)22(24)26)23-20(25)13-27-21-14(2)7-6-8-15(21)3/h5-10,12,16H,1,11,13H2,2-4H3,(H,23,25). The van der Waals surface area contributed by atoms with Crippen LogP contribution in [0.15, 0.2) is 49.1 Å². The highest BCUT2D eigenvalue weighted by Gasteiger charge is 2.30. The van der Waals surface area contributed by atoms with Crippen LogP contribution in [0.2, 0.25) is 0 Å². The molecule has 1 heterocycles. The van der Waals surface area contributed by atoms with Gasteiger partial charge in [-0.3, -0.25) is 9.59 Å². The van der Waals surface area contributed by atoms with E-state index in [9.17, 15) is 9.59 Å². The lowest BCUT2D eigenvalue weighted by Gasteiger charge is -2.32. The minimum atomic E-state index is -0.592. The van der Waals surface area contributed by atoms with Gasteiger partial charge in [0, 0.05) is 18.3 Å². The minimum absolute atomic E-state index is 0.0961. The molecule has 0 aliphatic carbocycles. The first-order valence-electron chi connectivity index (χ1n) is 9.12. The largest absolute Gasteiger partial charge is 0.483 e. The maximum atomic E-state index is 12.3. The molecular weight excluding hydrogens is 356 g/mol. The van der Waals surface area contributed by atoms with E-state index in [2.05, 4.69) is 11.9 Å². The van der Waals surface area contributed by atoms with E-state index in [0.29, 0.717) is 23.7 Å². The Kier molecular flexibility index (Phi) is 5.68. The average Bonchev–Trinajstić information content (AvgIpc) is 2.65. The number of nitrogens with zero attached hydrogens (tertiary/aromatic N) is 1. The van der Waals surface area contributed by atoms with E-state index in [1.807, 2.05) is 32.0 Å². The fourth-order valence-corrected chi connectivity index (χ4v) is 3.17. The summed E-state index contributed by atoms with van der Waals surface area (Å²) < 4.78 is 11.4. The Hall–Kier alpha value is -3.28. The highest BCUT2D eigenvalue weighted by atomic mass is 16.5. The molecule has 1 atom stereocenters. The van der Waals surface area contributed by atoms with Gasteiger partial charge >= 0.3 is 0 Å². The molecule has 1 unspecified atom stereocenters. The van der Waals surface area contributed by atoms with E-state index in [-0.39, 0.29) is 18.4 Å². The van der Waals surface area contributed by atoms with Gasteiger partial charge < -0.3 is 19.7 Å². The summed E-state index contributed by atoms with van der Waals surface area (Å²) in [5.41, 5.74) is 3.20. The molecule has 0 spiro atoms. The predicted molar refractivity (Wildman–Crippen MR) is 109 cm³/mol. The van der Waals surface area contributed by atoms with Gasteiger partial charge in [0.25, 0.3) is 11.8 Å². The van der Waals surface area contributed by atoms with Crippen LogP contribution in [0, 0.1) is 13.8 Å². The summed E-state index contributed by atoms with van der Waals surface area (Å²) in [6.45, 7) is 9.58.